The van der Waals surface area contributed by atoms with E-state index in [2.05, 4.69) is 12.2 Å². The molecule has 0 heterocycles. The molecule has 0 amide bonds. The van der Waals surface area contributed by atoms with Gasteiger partial charge in [0.05, 0.1) is 6.04 Å². The van der Waals surface area contributed by atoms with E-state index in [0.29, 0.717) is 0 Å². The zero-order chi connectivity index (χ0) is 9.14. The van der Waals surface area contributed by atoms with Crippen LogP contribution in [0.25, 0.3) is 0 Å². The van der Waals surface area contributed by atoms with Gasteiger partial charge in [-0.05, 0) is 6.07 Å². The number of hydrogen-bond donors (Lipinski definition) is 1. The summed E-state index contributed by atoms with van der Waals surface area (Å²) in [5, 5.41) is 1.19. The van der Waals surface area contributed by atoms with E-state index in [4.69, 9.17) is 5.73 Å². The number of halogens is 2. The summed E-state index contributed by atoms with van der Waals surface area (Å²) in [5.74, 6) is -1.83. The Labute approximate surface area is 74.2 Å². The number of thiocarbonyl (C=S) groups is 1. The number of hydrogen-bond acceptors (Lipinski definition) is 2. The second-order valence-electron chi connectivity index (χ2n) is 2.30. The fraction of sp³-hybridized carbons (Fsp3) is 0.125. The molecule has 12 heavy (non-hydrogen) atoms. The van der Waals surface area contributed by atoms with Crippen LogP contribution >= 0.6 is 12.2 Å². The van der Waals surface area contributed by atoms with E-state index in [-0.39, 0.29) is 5.56 Å². The Hall–Kier alpha value is -0.870. The van der Waals surface area contributed by atoms with Gasteiger partial charge < -0.3 is 5.73 Å². The lowest BCUT2D eigenvalue weighted by Crippen LogP contribution is -2.12. The van der Waals surface area contributed by atoms with Crippen LogP contribution in [0, 0.1) is 11.6 Å². The van der Waals surface area contributed by atoms with Crippen molar-refractivity contribution in [1.29, 1.82) is 0 Å². The summed E-state index contributed by atoms with van der Waals surface area (Å²) < 4.78 is 25.5. The summed E-state index contributed by atoms with van der Waals surface area (Å²) in [6.45, 7) is 0. The van der Waals surface area contributed by atoms with Crippen LogP contribution in [0.3, 0.4) is 0 Å². The second kappa shape index (κ2) is 3.69. The third kappa shape index (κ3) is 1.65. The molecule has 0 aliphatic carbocycles. The average Bonchev–Trinajstić information content (AvgIpc) is 2.08. The molecule has 1 unspecified atom stereocenters. The number of nitrogens with two attached hydrogens (primary N) is 1. The number of rotatable bonds is 2. The number of benzene rings is 1. The lowest BCUT2D eigenvalue weighted by atomic mass is 10.1. The van der Waals surface area contributed by atoms with Gasteiger partial charge in [-0.3, -0.25) is 0 Å². The highest BCUT2D eigenvalue weighted by molar-refractivity contribution is 7.79. The SMILES string of the molecule is NC(C=S)c1cccc(F)c1F. The van der Waals surface area contributed by atoms with Crippen LogP contribution in [-0.4, -0.2) is 5.37 Å². The molecule has 0 aliphatic heterocycles. The van der Waals surface area contributed by atoms with Crippen molar-refractivity contribution in [1.82, 2.24) is 0 Å². The van der Waals surface area contributed by atoms with Gasteiger partial charge in [0.15, 0.2) is 11.6 Å². The Balaban J connectivity index is 3.15. The van der Waals surface area contributed by atoms with E-state index in [1.165, 1.54) is 17.5 Å². The van der Waals surface area contributed by atoms with Crippen LogP contribution in [-0.2, 0) is 0 Å². The smallest absolute Gasteiger partial charge is 0.163 e. The lowest BCUT2D eigenvalue weighted by molar-refractivity contribution is 0.497. The predicted molar refractivity (Wildman–Crippen MR) is 46.9 cm³/mol. The lowest BCUT2D eigenvalue weighted by Gasteiger charge is -2.06. The van der Waals surface area contributed by atoms with Gasteiger partial charge in [0.2, 0.25) is 0 Å². The molecule has 1 atom stereocenters. The van der Waals surface area contributed by atoms with Crippen molar-refractivity contribution < 1.29 is 8.78 Å². The fourth-order valence-corrected chi connectivity index (χ4v) is 0.998. The van der Waals surface area contributed by atoms with Crippen LogP contribution in [0.2, 0.25) is 0 Å². The molecule has 4 heteroatoms. The van der Waals surface area contributed by atoms with Gasteiger partial charge in [0.25, 0.3) is 0 Å². The molecule has 0 radical (unpaired) electrons. The minimum Gasteiger partial charge on any atom is -0.320 e. The van der Waals surface area contributed by atoms with Crippen molar-refractivity contribution in [2.45, 2.75) is 6.04 Å². The van der Waals surface area contributed by atoms with Crippen LogP contribution in [0.15, 0.2) is 18.2 Å². The molecule has 2 N–H and O–H groups in total. The highest BCUT2D eigenvalue weighted by Gasteiger charge is 2.11. The molecule has 0 fully saturated rings. The first-order chi connectivity index (χ1) is 5.66. The van der Waals surface area contributed by atoms with Crippen LogP contribution in [0.4, 0.5) is 8.78 Å². The van der Waals surface area contributed by atoms with Gasteiger partial charge in [-0.1, -0.05) is 24.4 Å². The largest absolute Gasteiger partial charge is 0.320 e. The molecule has 0 saturated heterocycles. The minimum atomic E-state index is -0.925. The summed E-state index contributed by atoms with van der Waals surface area (Å²) in [5.41, 5.74) is 5.49. The van der Waals surface area contributed by atoms with Crippen LogP contribution < -0.4 is 5.73 Å². The van der Waals surface area contributed by atoms with E-state index in [1.54, 1.807) is 0 Å². The van der Waals surface area contributed by atoms with Gasteiger partial charge in [0.1, 0.15) is 0 Å². The quantitative estimate of drug-likeness (QED) is 0.716. The molecular weight excluding hydrogens is 180 g/mol. The molecule has 1 aromatic rings. The van der Waals surface area contributed by atoms with Crippen molar-refractivity contribution in [3.63, 3.8) is 0 Å². The maximum atomic E-state index is 12.9. The van der Waals surface area contributed by atoms with Crippen molar-refractivity contribution in [3.05, 3.63) is 35.4 Å². The normalized spacial score (nSPS) is 12.6. The monoisotopic (exact) mass is 187 g/mol. The van der Waals surface area contributed by atoms with Gasteiger partial charge >= 0.3 is 0 Å². The Kier molecular flexibility index (Phi) is 2.83. The zero-order valence-corrected chi connectivity index (χ0v) is 6.94. The Morgan fingerprint density at radius 2 is 2.08 bits per heavy atom. The maximum absolute atomic E-state index is 12.9. The first-order valence-corrected chi connectivity index (χ1v) is 3.78. The van der Waals surface area contributed by atoms with E-state index < -0.39 is 17.7 Å². The Morgan fingerprint density at radius 1 is 1.42 bits per heavy atom. The molecule has 1 aromatic carbocycles. The first-order valence-electron chi connectivity index (χ1n) is 3.31. The standard InChI is InChI=1S/C8H7F2NS/c9-6-3-1-2-5(8(6)10)7(11)4-12/h1-4,7H,11H2. The van der Waals surface area contributed by atoms with E-state index in [1.807, 2.05) is 0 Å². The van der Waals surface area contributed by atoms with E-state index in [9.17, 15) is 8.78 Å². The molecule has 1 rings (SSSR count). The van der Waals surface area contributed by atoms with Gasteiger partial charge in [-0.2, -0.15) is 0 Å². The molecular formula is C8H7F2NS. The topological polar surface area (TPSA) is 26.0 Å². The second-order valence-corrected chi connectivity index (χ2v) is 2.58. The average molecular weight is 187 g/mol. The van der Waals surface area contributed by atoms with Gasteiger partial charge in [-0.25, -0.2) is 8.78 Å². The Bertz CT molecular complexity index is 301. The van der Waals surface area contributed by atoms with Gasteiger partial charge in [-0.15, -0.1) is 0 Å². The Morgan fingerprint density at radius 3 is 2.67 bits per heavy atom. The predicted octanol–water partition coefficient (Wildman–Crippen LogP) is 1.96. The van der Waals surface area contributed by atoms with Crippen LogP contribution in [0.1, 0.15) is 11.6 Å². The van der Waals surface area contributed by atoms with E-state index >= 15 is 0 Å². The summed E-state index contributed by atoms with van der Waals surface area (Å²) in [6, 6.07) is 3.11. The molecule has 0 saturated carbocycles. The fourth-order valence-electron chi connectivity index (χ4n) is 0.851. The first kappa shape index (κ1) is 9.22. The molecule has 0 aromatic heterocycles. The van der Waals surface area contributed by atoms with Crippen molar-refractivity contribution in [3.8, 4) is 0 Å². The third-order valence-electron chi connectivity index (χ3n) is 1.49. The third-order valence-corrected chi connectivity index (χ3v) is 1.78. The van der Waals surface area contributed by atoms with Gasteiger partial charge in [0, 0.05) is 10.9 Å². The molecule has 0 bridgehead atoms. The molecule has 0 spiro atoms. The maximum Gasteiger partial charge on any atom is 0.163 e. The molecule has 1 nitrogen and oxygen atoms in total. The summed E-state index contributed by atoms with van der Waals surface area (Å²) in [4.78, 5) is 0. The van der Waals surface area contributed by atoms with Crippen molar-refractivity contribution in [2.24, 2.45) is 5.73 Å². The summed E-state index contributed by atoms with van der Waals surface area (Å²) in [6.07, 6.45) is 0. The minimum absolute atomic E-state index is 0.0880. The molecule has 64 valence electrons. The van der Waals surface area contributed by atoms with E-state index in [0.717, 1.165) is 6.07 Å². The summed E-state index contributed by atoms with van der Waals surface area (Å²) in [7, 11) is 0. The summed E-state index contributed by atoms with van der Waals surface area (Å²) >= 11 is 4.52. The molecule has 0 aliphatic rings. The zero-order valence-electron chi connectivity index (χ0n) is 6.13. The highest BCUT2D eigenvalue weighted by Crippen LogP contribution is 2.16. The van der Waals surface area contributed by atoms with Crippen molar-refractivity contribution in [2.75, 3.05) is 0 Å². The van der Waals surface area contributed by atoms with Crippen molar-refractivity contribution >= 4 is 17.6 Å². The highest BCUT2D eigenvalue weighted by atomic mass is 32.1. The van der Waals surface area contributed by atoms with Crippen LogP contribution in [0.5, 0.6) is 0 Å².